The number of ketones is 1. The summed E-state index contributed by atoms with van der Waals surface area (Å²) < 4.78 is 18.3. The minimum atomic E-state index is -0.491. The van der Waals surface area contributed by atoms with Crippen LogP contribution in [0.25, 0.3) is 0 Å². The molecule has 0 amide bonds. The minimum Gasteiger partial charge on any atom is -0.494 e. The van der Waals surface area contributed by atoms with Gasteiger partial charge in [0.15, 0.2) is 17.3 Å². The standard InChI is InChI=1S/C14H18FNO2/c1-16(11-4-3-5-11)9-13(17)10-6-7-14(18-2)12(15)8-10/h6-8,11H,3-5,9H2,1-2H3. The zero-order valence-corrected chi connectivity index (χ0v) is 10.8. The Kier molecular flexibility index (Phi) is 3.97. The highest BCUT2D eigenvalue weighted by molar-refractivity contribution is 5.97. The van der Waals surface area contributed by atoms with E-state index in [1.807, 2.05) is 11.9 Å². The fourth-order valence-corrected chi connectivity index (χ4v) is 2.11. The number of carbonyl (C=O) groups is 1. The van der Waals surface area contributed by atoms with Crippen LogP contribution in [0, 0.1) is 5.82 Å². The van der Waals surface area contributed by atoms with Gasteiger partial charge >= 0.3 is 0 Å². The Hall–Kier alpha value is -1.42. The predicted octanol–water partition coefficient (Wildman–Crippen LogP) is 2.50. The van der Waals surface area contributed by atoms with E-state index in [0.29, 0.717) is 18.2 Å². The summed E-state index contributed by atoms with van der Waals surface area (Å²) in [5, 5.41) is 0. The summed E-state index contributed by atoms with van der Waals surface area (Å²) in [5.74, 6) is -0.375. The number of rotatable bonds is 5. The van der Waals surface area contributed by atoms with Crippen molar-refractivity contribution >= 4 is 5.78 Å². The first-order chi connectivity index (χ1) is 8.61. The van der Waals surface area contributed by atoms with Gasteiger partial charge in [0, 0.05) is 11.6 Å². The van der Waals surface area contributed by atoms with Gasteiger partial charge in [0.05, 0.1) is 13.7 Å². The van der Waals surface area contributed by atoms with Crippen LogP contribution in [0.5, 0.6) is 5.75 Å². The van der Waals surface area contributed by atoms with Crippen molar-refractivity contribution in [2.24, 2.45) is 0 Å². The van der Waals surface area contributed by atoms with Crippen LogP contribution in [-0.4, -0.2) is 37.4 Å². The van der Waals surface area contributed by atoms with Gasteiger partial charge in [-0.3, -0.25) is 9.69 Å². The molecular formula is C14H18FNO2. The third kappa shape index (κ3) is 2.70. The van der Waals surface area contributed by atoms with Gasteiger partial charge < -0.3 is 4.74 Å². The molecule has 0 unspecified atom stereocenters. The van der Waals surface area contributed by atoms with Crippen molar-refractivity contribution in [1.82, 2.24) is 4.90 Å². The number of hydrogen-bond acceptors (Lipinski definition) is 3. The van der Waals surface area contributed by atoms with E-state index in [0.717, 1.165) is 12.8 Å². The second kappa shape index (κ2) is 5.48. The van der Waals surface area contributed by atoms with Gasteiger partial charge in [-0.1, -0.05) is 6.42 Å². The van der Waals surface area contributed by atoms with Crippen molar-refractivity contribution in [2.45, 2.75) is 25.3 Å². The molecule has 1 aliphatic carbocycles. The molecule has 2 rings (SSSR count). The fraction of sp³-hybridized carbons (Fsp3) is 0.500. The van der Waals surface area contributed by atoms with E-state index in [1.165, 1.54) is 25.7 Å². The number of hydrogen-bond donors (Lipinski definition) is 0. The van der Waals surface area contributed by atoms with Gasteiger partial charge in [-0.25, -0.2) is 4.39 Å². The number of ether oxygens (including phenoxy) is 1. The van der Waals surface area contributed by atoms with Gasteiger partial charge in [-0.15, -0.1) is 0 Å². The fourth-order valence-electron chi connectivity index (χ4n) is 2.11. The number of benzene rings is 1. The van der Waals surface area contributed by atoms with Crippen molar-refractivity contribution in [2.75, 3.05) is 20.7 Å². The number of nitrogens with zero attached hydrogens (tertiary/aromatic N) is 1. The monoisotopic (exact) mass is 251 g/mol. The highest BCUT2D eigenvalue weighted by atomic mass is 19.1. The third-order valence-corrected chi connectivity index (χ3v) is 3.56. The van der Waals surface area contributed by atoms with Crippen LogP contribution in [0.2, 0.25) is 0 Å². The van der Waals surface area contributed by atoms with E-state index in [-0.39, 0.29) is 11.5 Å². The lowest BCUT2D eigenvalue weighted by Crippen LogP contribution is -2.40. The summed E-state index contributed by atoms with van der Waals surface area (Å²) in [5.41, 5.74) is 0.402. The van der Waals surface area contributed by atoms with Gasteiger partial charge in [-0.2, -0.15) is 0 Å². The van der Waals surface area contributed by atoms with E-state index in [4.69, 9.17) is 4.74 Å². The van der Waals surface area contributed by atoms with Crippen LogP contribution in [0.1, 0.15) is 29.6 Å². The third-order valence-electron chi connectivity index (χ3n) is 3.56. The van der Waals surface area contributed by atoms with Crippen LogP contribution in [0.3, 0.4) is 0 Å². The van der Waals surface area contributed by atoms with Crippen molar-refractivity contribution in [3.05, 3.63) is 29.6 Å². The molecule has 0 radical (unpaired) electrons. The first-order valence-electron chi connectivity index (χ1n) is 6.19. The largest absolute Gasteiger partial charge is 0.494 e. The average Bonchev–Trinajstić information content (AvgIpc) is 2.26. The van der Waals surface area contributed by atoms with Crippen LogP contribution in [0.15, 0.2) is 18.2 Å². The first kappa shape index (κ1) is 13.0. The molecule has 1 aromatic rings. The number of halogens is 1. The van der Waals surface area contributed by atoms with Gasteiger partial charge in [0.2, 0.25) is 0 Å². The predicted molar refractivity (Wildman–Crippen MR) is 67.6 cm³/mol. The smallest absolute Gasteiger partial charge is 0.176 e. The maximum absolute atomic E-state index is 13.5. The Balaban J connectivity index is 2.01. The molecule has 0 aliphatic heterocycles. The number of Topliss-reactive ketones (excluding diaryl/α,β-unsaturated/α-hetero) is 1. The van der Waals surface area contributed by atoms with E-state index >= 15 is 0 Å². The van der Waals surface area contributed by atoms with Crippen LogP contribution in [-0.2, 0) is 0 Å². The maximum Gasteiger partial charge on any atom is 0.176 e. The van der Waals surface area contributed by atoms with Crippen molar-refractivity contribution in [3.63, 3.8) is 0 Å². The topological polar surface area (TPSA) is 29.5 Å². The molecule has 0 aromatic heterocycles. The minimum absolute atomic E-state index is 0.0500. The molecule has 98 valence electrons. The van der Waals surface area contributed by atoms with Crippen molar-refractivity contribution < 1.29 is 13.9 Å². The molecule has 0 saturated heterocycles. The quantitative estimate of drug-likeness (QED) is 0.753. The molecule has 0 bridgehead atoms. The Labute approximate surface area is 107 Å². The lowest BCUT2D eigenvalue weighted by Gasteiger charge is -2.34. The summed E-state index contributed by atoms with van der Waals surface area (Å²) >= 11 is 0. The first-order valence-corrected chi connectivity index (χ1v) is 6.19. The molecule has 0 atom stereocenters. The van der Waals surface area contributed by atoms with Gasteiger partial charge in [0.1, 0.15) is 0 Å². The summed E-state index contributed by atoms with van der Waals surface area (Å²) in [6, 6.07) is 4.86. The number of carbonyl (C=O) groups excluding carboxylic acids is 1. The SMILES string of the molecule is COc1ccc(C(=O)CN(C)C2CCC2)cc1F. The highest BCUT2D eigenvalue weighted by Crippen LogP contribution is 2.24. The zero-order chi connectivity index (χ0) is 13.1. The van der Waals surface area contributed by atoms with Gasteiger partial charge in [0.25, 0.3) is 0 Å². The molecule has 0 spiro atoms. The maximum atomic E-state index is 13.5. The lowest BCUT2D eigenvalue weighted by atomic mass is 9.91. The summed E-state index contributed by atoms with van der Waals surface area (Å²) in [6.45, 7) is 0.344. The molecule has 1 aliphatic rings. The second-order valence-corrected chi connectivity index (χ2v) is 4.77. The number of methoxy groups -OCH3 is 1. The molecule has 18 heavy (non-hydrogen) atoms. The molecule has 1 aromatic carbocycles. The Morgan fingerprint density at radius 1 is 1.50 bits per heavy atom. The molecule has 0 N–H and O–H groups in total. The van der Waals surface area contributed by atoms with E-state index in [9.17, 15) is 9.18 Å². The second-order valence-electron chi connectivity index (χ2n) is 4.77. The molecule has 4 heteroatoms. The molecule has 3 nitrogen and oxygen atoms in total. The molecule has 1 saturated carbocycles. The Bertz CT molecular complexity index is 443. The van der Waals surface area contributed by atoms with Crippen LogP contribution < -0.4 is 4.74 Å². The molecular weight excluding hydrogens is 233 g/mol. The summed E-state index contributed by atoms with van der Waals surface area (Å²) in [4.78, 5) is 14.1. The number of likely N-dealkylation sites (N-methyl/N-ethyl adjacent to an activating group) is 1. The van der Waals surface area contributed by atoms with Gasteiger partial charge in [-0.05, 0) is 38.1 Å². The van der Waals surface area contributed by atoms with Crippen molar-refractivity contribution in [3.8, 4) is 5.75 Å². The normalized spacial score (nSPS) is 15.6. The molecule has 0 heterocycles. The Morgan fingerprint density at radius 3 is 2.72 bits per heavy atom. The summed E-state index contributed by atoms with van der Waals surface area (Å²) in [7, 11) is 3.35. The van der Waals surface area contributed by atoms with E-state index in [1.54, 1.807) is 6.07 Å². The van der Waals surface area contributed by atoms with Crippen LogP contribution in [0.4, 0.5) is 4.39 Å². The van der Waals surface area contributed by atoms with Crippen LogP contribution >= 0.6 is 0 Å². The molecule has 1 fully saturated rings. The van der Waals surface area contributed by atoms with Crippen molar-refractivity contribution in [1.29, 1.82) is 0 Å². The lowest BCUT2D eigenvalue weighted by molar-refractivity contribution is 0.0870. The average molecular weight is 251 g/mol. The van der Waals surface area contributed by atoms with E-state index < -0.39 is 5.82 Å². The van der Waals surface area contributed by atoms with E-state index in [2.05, 4.69) is 0 Å². The highest BCUT2D eigenvalue weighted by Gasteiger charge is 2.23. The zero-order valence-electron chi connectivity index (χ0n) is 10.8. The Morgan fingerprint density at radius 2 is 2.22 bits per heavy atom. The summed E-state index contributed by atoms with van der Waals surface area (Å²) in [6.07, 6.45) is 3.54.